The number of carbonyl (C=O) groups excluding carboxylic acids is 1. The summed E-state index contributed by atoms with van der Waals surface area (Å²) in [6, 6.07) is 11.9. The summed E-state index contributed by atoms with van der Waals surface area (Å²) in [5.74, 6) is 1.60. The van der Waals surface area contributed by atoms with Gasteiger partial charge in [0.05, 0.1) is 11.9 Å². The first-order valence-electron chi connectivity index (χ1n) is 9.13. The Balaban J connectivity index is 1.36. The molecular formula is C20H23N5O. The molecule has 134 valence electrons. The van der Waals surface area contributed by atoms with E-state index in [0.717, 1.165) is 48.5 Å². The van der Waals surface area contributed by atoms with Crippen molar-refractivity contribution in [3.63, 3.8) is 0 Å². The zero-order valence-corrected chi connectivity index (χ0v) is 14.7. The van der Waals surface area contributed by atoms with Crippen molar-refractivity contribution in [2.24, 2.45) is 5.92 Å². The van der Waals surface area contributed by atoms with Crippen molar-refractivity contribution in [1.29, 1.82) is 0 Å². The number of nitrogens with one attached hydrogen (secondary N) is 2. The number of fused-ring (bicyclic) bond motifs is 1. The average molecular weight is 349 g/mol. The molecule has 26 heavy (non-hydrogen) atoms. The van der Waals surface area contributed by atoms with Crippen molar-refractivity contribution >= 4 is 28.3 Å². The number of benzene rings is 1. The molecule has 1 saturated heterocycles. The number of Topliss-reactive ketones (excluding diaryl/α,β-unsaturated/α-hetero) is 1. The fourth-order valence-electron chi connectivity index (χ4n) is 3.69. The van der Waals surface area contributed by atoms with Crippen LogP contribution in [0.25, 0.3) is 11.0 Å². The van der Waals surface area contributed by atoms with Crippen LogP contribution in [-0.2, 0) is 4.79 Å². The summed E-state index contributed by atoms with van der Waals surface area (Å²) >= 11 is 0. The van der Waals surface area contributed by atoms with Gasteiger partial charge in [-0.25, -0.2) is 9.97 Å². The number of anilines is 2. The SMILES string of the molecule is O=C(CNc1ccccc1)CC1CCCN(c2ncnc3[nH]ccc23)C1. The first-order chi connectivity index (χ1) is 12.8. The van der Waals surface area contributed by atoms with E-state index in [2.05, 4.69) is 25.2 Å². The lowest BCUT2D eigenvalue weighted by atomic mass is 9.92. The van der Waals surface area contributed by atoms with Crippen LogP contribution in [0.15, 0.2) is 48.9 Å². The smallest absolute Gasteiger partial charge is 0.152 e. The van der Waals surface area contributed by atoms with Crippen molar-refractivity contribution in [2.75, 3.05) is 29.9 Å². The fourth-order valence-corrected chi connectivity index (χ4v) is 3.69. The zero-order valence-electron chi connectivity index (χ0n) is 14.7. The summed E-state index contributed by atoms with van der Waals surface area (Å²) in [5, 5.41) is 4.26. The minimum absolute atomic E-state index is 0.259. The van der Waals surface area contributed by atoms with Gasteiger partial charge in [-0.1, -0.05) is 18.2 Å². The number of rotatable bonds is 6. The zero-order chi connectivity index (χ0) is 17.8. The van der Waals surface area contributed by atoms with E-state index in [9.17, 15) is 4.79 Å². The second-order valence-electron chi connectivity index (χ2n) is 6.85. The molecule has 1 atom stereocenters. The normalized spacial score (nSPS) is 17.4. The Bertz CT molecular complexity index is 876. The largest absolute Gasteiger partial charge is 0.378 e. The Kier molecular flexibility index (Phi) is 4.82. The van der Waals surface area contributed by atoms with Gasteiger partial charge < -0.3 is 15.2 Å². The van der Waals surface area contributed by atoms with E-state index in [0.29, 0.717) is 18.9 Å². The molecule has 6 heteroatoms. The third-order valence-corrected chi connectivity index (χ3v) is 4.93. The van der Waals surface area contributed by atoms with Crippen LogP contribution >= 0.6 is 0 Å². The van der Waals surface area contributed by atoms with Crippen LogP contribution < -0.4 is 10.2 Å². The first-order valence-corrected chi connectivity index (χ1v) is 9.13. The lowest BCUT2D eigenvalue weighted by molar-refractivity contribution is -0.118. The van der Waals surface area contributed by atoms with E-state index in [1.54, 1.807) is 6.33 Å². The van der Waals surface area contributed by atoms with E-state index in [1.165, 1.54) is 0 Å². The molecule has 0 spiro atoms. The molecule has 4 rings (SSSR count). The molecule has 0 amide bonds. The van der Waals surface area contributed by atoms with Gasteiger partial charge in [-0.3, -0.25) is 4.79 Å². The highest BCUT2D eigenvalue weighted by Crippen LogP contribution is 2.28. The van der Waals surface area contributed by atoms with Crippen molar-refractivity contribution in [1.82, 2.24) is 15.0 Å². The quantitative estimate of drug-likeness (QED) is 0.715. The lowest BCUT2D eigenvalue weighted by Gasteiger charge is -2.33. The first kappa shape index (κ1) is 16.6. The fraction of sp³-hybridized carbons (Fsp3) is 0.350. The molecule has 3 heterocycles. The monoisotopic (exact) mass is 349 g/mol. The molecule has 6 nitrogen and oxygen atoms in total. The highest BCUT2D eigenvalue weighted by Gasteiger charge is 2.24. The standard InChI is InChI=1S/C20H23N5O/c26-17(12-22-16-6-2-1-3-7-16)11-15-5-4-10-25(13-15)20-18-8-9-21-19(18)23-14-24-20/h1-3,6-9,14-15,22H,4-5,10-13H2,(H,21,23,24). The molecule has 2 aromatic heterocycles. The second-order valence-corrected chi connectivity index (χ2v) is 6.85. The number of piperidine rings is 1. The number of H-pyrrole nitrogens is 1. The molecule has 1 aliphatic rings. The molecular weight excluding hydrogens is 326 g/mol. The van der Waals surface area contributed by atoms with Crippen molar-refractivity contribution in [2.45, 2.75) is 19.3 Å². The Hall–Kier alpha value is -2.89. The minimum Gasteiger partial charge on any atom is -0.378 e. The van der Waals surface area contributed by atoms with E-state index >= 15 is 0 Å². The summed E-state index contributed by atoms with van der Waals surface area (Å²) in [4.78, 5) is 26.6. The molecule has 3 aromatic rings. The van der Waals surface area contributed by atoms with Crippen molar-refractivity contribution in [3.8, 4) is 0 Å². The maximum absolute atomic E-state index is 12.4. The molecule has 1 aromatic carbocycles. The average Bonchev–Trinajstić information content (AvgIpc) is 3.16. The number of hydrogen-bond acceptors (Lipinski definition) is 5. The van der Waals surface area contributed by atoms with Crippen LogP contribution in [0.2, 0.25) is 0 Å². The van der Waals surface area contributed by atoms with Crippen molar-refractivity contribution in [3.05, 3.63) is 48.9 Å². The maximum atomic E-state index is 12.4. The molecule has 1 fully saturated rings. The summed E-state index contributed by atoms with van der Waals surface area (Å²) in [7, 11) is 0. The number of ketones is 1. The lowest BCUT2D eigenvalue weighted by Crippen LogP contribution is -2.37. The second kappa shape index (κ2) is 7.56. The van der Waals surface area contributed by atoms with E-state index in [4.69, 9.17) is 0 Å². The topological polar surface area (TPSA) is 73.9 Å². The Morgan fingerprint density at radius 1 is 1.23 bits per heavy atom. The van der Waals surface area contributed by atoms with Crippen LogP contribution in [0.1, 0.15) is 19.3 Å². The van der Waals surface area contributed by atoms with Gasteiger partial charge in [0, 0.05) is 31.4 Å². The van der Waals surface area contributed by atoms with Gasteiger partial charge in [-0.15, -0.1) is 0 Å². The van der Waals surface area contributed by atoms with E-state index in [1.807, 2.05) is 42.6 Å². The summed E-state index contributed by atoms with van der Waals surface area (Å²) < 4.78 is 0. The molecule has 0 bridgehead atoms. The number of aromatic nitrogens is 3. The molecule has 1 aliphatic heterocycles. The van der Waals surface area contributed by atoms with Crippen LogP contribution in [0.3, 0.4) is 0 Å². The highest BCUT2D eigenvalue weighted by molar-refractivity contribution is 5.87. The number of aromatic amines is 1. The molecule has 0 radical (unpaired) electrons. The predicted octanol–water partition coefficient (Wildman–Crippen LogP) is 3.25. The minimum atomic E-state index is 0.259. The van der Waals surface area contributed by atoms with Crippen LogP contribution in [0.5, 0.6) is 0 Å². The van der Waals surface area contributed by atoms with Crippen LogP contribution in [0, 0.1) is 5.92 Å². The number of carbonyl (C=O) groups is 1. The summed E-state index contributed by atoms with van der Waals surface area (Å²) in [6.45, 7) is 2.23. The summed E-state index contributed by atoms with van der Waals surface area (Å²) in [6.07, 6.45) is 6.28. The van der Waals surface area contributed by atoms with Gasteiger partial charge in [0.2, 0.25) is 0 Å². The van der Waals surface area contributed by atoms with Crippen molar-refractivity contribution < 1.29 is 4.79 Å². The van der Waals surface area contributed by atoms with Gasteiger partial charge in [-0.05, 0) is 37.0 Å². The third-order valence-electron chi connectivity index (χ3n) is 4.93. The Morgan fingerprint density at radius 3 is 3.00 bits per heavy atom. The van der Waals surface area contributed by atoms with Gasteiger partial charge in [0.15, 0.2) is 5.78 Å². The van der Waals surface area contributed by atoms with Gasteiger partial charge >= 0.3 is 0 Å². The molecule has 2 N–H and O–H groups in total. The number of hydrogen-bond donors (Lipinski definition) is 2. The number of nitrogens with zero attached hydrogens (tertiary/aromatic N) is 3. The van der Waals surface area contributed by atoms with E-state index in [-0.39, 0.29) is 5.78 Å². The molecule has 0 saturated carbocycles. The third kappa shape index (κ3) is 3.69. The van der Waals surface area contributed by atoms with Gasteiger partial charge in [-0.2, -0.15) is 0 Å². The Labute approximate surface area is 152 Å². The van der Waals surface area contributed by atoms with Crippen LogP contribution in [-0.4, -0.2) is 40.4 Å². The predicted molar refractivity (Wildman–Crippen MR) is 103 cm³/mol. The summed E-state index contributed by atoms with van der Waals surface area (Å²) in [5.41, 5.74) is 1.85. The molecule has 0 aliphatic carbocycles. The Morgan fingerprint density at radius 2 is 2.12 bits per heavy atom. The van der Waals surface area contributed by atoms with E-state index < -0.39 is 0 Å². The van der Waals surface area contributed by atoms with Crippen LogP contribution in [0.4, 0.5) is 11.5 Å². The highest BCUT2D eigenvalue weighted by atomic mass is 16.1. The molecule has 1 unspecified atom stereocenters. The van der Waals surface area contributed by atoms with Gasteiger partial charge in [0.1, 0.15) is 17.8 Å². The number of para-hydroxylation sites is 1. The maximum Gasteiger partial charge on any atom is 0.152 e. The van der Waals surface area contributed by atoms with Gasteiger partial charge in [0.25, 0.3) is 0 Å².